The van der Waals surface area contributed by atoms with Crippen molar-refractivity contribution >= 4 is 24.0 Å². The molecule has 0 radical (unpaired) electrons. The zero-order valence-corrected chi connectivity index (χ0v) is 17.3. The highest BCUT2D eigenvalue weighted by Gasteiger charge is 2.50. The van der Waals surface area contributed by atoms with E-state index in [1.165, 1.54) is 0 Å². The number of hydrogen-bond donors (Lipinski definition) is 2. The summed E-state index contributed by atoms with van der Waals surface area (Å²) in [7, 11) is 0. The zero-order chi connectivity index (χ0) is 23.0. The Morgan fingerprint density at radius 2 is 1.55 bits per heavy atom. The molecule has 0 aromatic heterocycles. The van der Waals surface area contributed by atoms with Gasteiger partial charge in [-0.3, -0.25) is 14.4 Å². The number of carbonyl (C=O) groups is 4. The van der Waals surface area contributed by atoms with Crippen molar-refractivity contribution < 1.29 is 48.0 Å². The first kappa shape index (κ1) is 24.1. The molecule has 0 saturated carbocycles. The molecule has 1 aliphatic rings. The van der Waals surface area contributed by atoms with E-state index in [1.807, 2.05) is 6.07 Å². The molecule has 1 aromatic rings. The average Bonchev–Trinajstić information content (AvgIpc) is 2.70. The van der Waals surface area contributed by atoms with E-state index >= 15 is 0 Å². The number of nitrogens with one attached hydrogen (secondary N) is 1. The van der Waals surface area contributed by atoms with Gasteiger partial charge in [0.05, 0.1) is 0 Å². The second-order valence-corrected chi connectivity index (χ2v) is 6.75. The van der Waals surface area contributed by atoms with Crippen molar-refractivity contribution in [3.8, 4) is 0 Å². The van der Waals surface area contributed by atoms with Crippen molar-refractivity contribution in [2.45, 2.75) is 58.0 Å². The maximum absolute atomic E-state index is 12.3. The summed E-state index contributed by atoms with van der Waals surface area (Å²) in [5, 5.41) is 12.8. The molecule has 1 amide bonds. The van der Waals surface area contributed by atoms with E-state index in [9.17, 15) is 24.3 Å². The second kappa shape index (κ2) is 11.3. The van der Waals surface area contributed by atoms with Gasteiger partial charge in [0.25, 0.3) is 0 Å². The van der Waals surface area contributed by atoms with Gasteiger partial charge in [0.15, 0.2) is 18.5 Å². The fourth-order valence-electron chi connectivity index (χ4n) is 2.97. The third-order valence-corrected chi connectivity index (χ3v) is 4.22. The van der Waals surface area contributed by atoms with Gasteiger partial charge in [-0.2, -0.15) is 0 Å². The number of carbonyl (C=O) groups excluding carboxylic acids is 4. The van der Waals surface area contributed by atoms with Crippen molar-refractivity contribution in [3.05, 3.63) is 35.9 Å². The highest BCUT2D eigenvalue weighted by Crippen LogP contribution is 2.26. The predicted octanol–water partition coefficient (Wildman–Crippen LogP) is 0.425. The lowest BCUT2D eigenvalue weighted by Gasteiger charge is -2.43. The van der Waals surface area contributed by atoms with Crippen molar-refractivity contribution in [2.75, 3.05) is 6.61 Å². The zero-order valence-electron chi connectivity index (χ0n) is 17.3. The molecule has 170 valence electrons. The highest BCUT2D eigenvalue weighted by atomic mass is 16.7. The van der Waals surface area contributed by atoms with E-state index in [2.05, 4.69) is 5.32 Å². The Balaban J connectivity index is 2.16. The summed E-state index contributed by atoms with van der Waals surface area (Å²) in [6.45, 7) is 2.97. The van der Waals surface area contributed by atoms with E-state index in [4.69, 9.17) is 23.7 Å². The quantitative estimate of drug-likeness (QED) is 0.453. The number of esters is 3. The summed E-state index contributed by atoms with van der Waals surface area (Å²) in [4.78, 5) is 46.7. The van der Waals surface area contributed by atoms with E-state index < -0.39 is 54.6 Å². The molecule has 1 aromatic carbocycles. The number of amides is 1. The standard InChI is InChI=1S/C20H25NO10/c1-11(22)27-10-15-17(29-12(2)23)18(30-13(3)24)16(19(25)31-15)21-20(26)28-9-14-7-5-4-6-8-14/h4-8,15-19,25H,9-10H2,1-3H3,(H,21,26)/t15-,16-,17-,18+,19+/m1/s1. The topological polar surface area (TPSA) is 147 Å². The van der Waals surface area contributed by atoms with E-state index in [0.717, 1.165) is 26.3 Å². The lowest BCUT2D eigenvalue weighted by atomic mass is 9.96. The summed E-state index contributed by atoms with van der Waals surface area (Å²) >= 11 is 0. The number of hydrogen-bond acceptors (Lipinski definition) is 10. The minimum absolute atomic E-state index is 0.0446. The third-order valence-electron chi connectivity index (χ3n) is 4.22. The van der Waals surface area contributed by atoms with Crippen LogP contribution in [0.4, 0.5) is 4.79 Å². The van der Waals surface area contributed by atoms with Crippen LogP contribution in [0, 0.1) is 0 Å². The van der Waals surface area contributed by atoms with Crippen LogP contribution in [0.5, 0.6) is 0 Å². The summed E-state index contributed by atoms with van der Waals surface area (Å²) < 4.78 is 25.8. The van der Waals surface area contributed by atoms with Gasteiger partial charge in [0, 0.05) is 20.8 Å². The number of rotatable bonds is 7. The summed E-state index contributed by atoms with van der Waals surface area (Å²) in [5.74, 6) is -2.12. The lowest BCUT2D eigenvalue weighted by Crippen LogP contribution is -2.66. The van der Waals surface area contributed by atoms with E-state index in [-0.39, 0.29) is 13.2 Å². The van der Waals surface area contributed by atoms with Crippen LogP contribution in [-0.2, 0) is 44.7 Å². The second-order valence-electron chi connectivity index (χ2n) is 6.75. The molecule has 0 unspecified atom stereocenters. The van der Waals surface area contributed by atoms with Crippen molar-refractivity contribution in [1.82, 2.24) is 5.32 Å². The van der Waals surface area contributed by atoms with Gasteiger partial charge in [-0.15, -0.1) is 0 Å². The number of aliphatic hydroxyl groups excluding tert-OH is 1. The van der Waals surface area contributed by atoms with Gasteiger partial charge in [-0.05, 0) is 5.56 Å². The van der Waals surface area contributed by atoms with Crippen molar-refractivity contribution in [2.24, 2.45) is 0 Å². The van der Waals surface area contributed by atoms with Crippen molar-refractivity contribution in [1.29, 1.82) is 0 Å². The third kappa shape index (κ3) is 7.54. The van der Waals surface area contributed by atoms with Crippen LogP contribution in [0.2, 0.25) is 0 Å². The Hall–Kier alpha value is -3.18. The molecular weight excluding hydrogens is 414 g/mol. The maximum atomic E-state index is 12.3. The van der Waals surface area contributed by atoms with Gasteiger partial charge in [-0.1, -0.05) is 30.3 Å². The fraction of sp³-hybridized carbons (Fsp3) is 0.500. The number of ether oxygens (including phenoxy) is 5. The van der Waals surface area contributed by atoms with Gasteiger partial charge in [0.2, 0.25) is 0 Å². The van der Waals surface area contributed by atoms with Crippen LogP contribution in [-0.4, -0.2) is 66.4 Å². The summed E-state index contributed by atoms with van der Waals surface area (Å²) in [6.07, 6.45) is -6.36. The molecular formula is C20H25NO10. The van der Waals surface area contributed by atoms with Gasteiger partial charge < -0.3 is 34.1 Å². The molecule has 11 heteroatoms. The first-order chi connectivity index (χ1) is 14.7. The Labute approximate surface area is 178 Å². The minimum Gasteiger partial charge on any atom is -0.463 e. The molecule has 5 atom stereocenters. The first-order valence-electron chi connectivity index (χ1n) is 9.46. The van der Waals surface area contributed by atoms with E-state index in [1.54, 1.807) is 24.3 Å². The van der Waals surface area contributed by atoms with Crippen LogP contribution >= 0.6 is 0 Å². The number of alkyl carbamates (subject to hydrolysis) is 1. The van der Waals surface area contributed by atoms with Crippen LogP contribution in [0.15, 0.2) is 30.3 Å². The molecule has 0 bridgehead atoms. The van der Waals surface area contributed by atoms with Gasteiger partial charge in [-0.25, -0.2) is 4.79 Å². The van der Waals surface area contributed by atoms with Crippen LogP contribution in [0.1, 0.15) is 26.3 Å². The molecule has 1 fully saturated rings. The Morgan fingerprint density at radius 1 is 0.935 bits per heavy atom. The molecule has 2 N–H and O–H groups in total. The molecule has 31 heavy (non-hydrogen) atoms. The van der Waals surface area contributed by atoms with E-state index in [0.29, 0.717) is 0 Å². The first-order valence-corrected chi connectivity index (χ1v) is 9.46. The molecule has 2 rings (SSSR count). The molecule has 1 heterocycles. The SMILES string of the molecule is CC(=O)OC[C@H]1O[C@H](O)[C@H](NC(=O)OCc2ccccc2)[C@H](OC(C)=O)[C@@H]1OC(C)=O. The van der Waals surface area contributed by atoms with Crippen molar-refractivity contribution in [3.63, 3.8) is 0 Å². The lowest BCUT2D eigenvalue weighted by molar-refractivity contribution is -0.264. The highest BCUT2D eigenvalue weighted by molar-refractivity contribution is 5.69. The number of benzene rings is 1. The fourth-order valence-corrected chi connectivity index (χ4v) is 2.97. The monoisotopic (exact) mass is 439 g/mol. The Kier molecular flexibility index (Phi) is 8.76. The van der Waals surface area contributed by atoms with Gasteiger partial charge in [0.1, 0.15) is 25.4 Å². The van der Waals surface area contributed by atoms with Gasteiger partial charge >= 0.3 is 24.0 Å². The maximum Gasteiger partial charge on any atom is 0.407 e. The Morgan fingerprint density at radius 3 is 2.13 bits per heavy atom. The molecule has 1 aliphatic heterocycles. The smallest absolute Gasteiger partial charge is 0.407 e. The molecule has 11 nitrogen and oxygen atoms in total. The summed E-state index contributed by atoms with van der Waals surface area (Å²) in [5.41, 5.74) is 0.730. The molecule has 1 saturated heterocycles. The largest absolute Gasteiger partial charge is 0.463 e. The predicted molar refractivity (Wildman–Crippen MR) is 102 cm³/mol. The van der Waals surface area contributed by atoms with Crippen LogP contribution in [0.25, 0.3) is 0 Å². The van der Waals surface area contributed by atoms with Crippen LogP contribution < -0.4 is 5.32 Å². The van der Waals surface area contributed by atoms with Crippen LogP contribution in [0.3, 0.4) is 0 Å². The molecule has 0 spiro atoms. The summed E-state index contributed by atoms with van der Waals surface area (Å²) in [6, 6.07) is 7.54. The molecule has 0 aliphatic carbocycles. The Bertz CT molecular complexity index is 783. The normalized spacial score (nSPS) is 25.1. The minimum atomic E-state index is -1.68. The number of aliphatic hydroxyl groups is 1. The average molecular weight is 439 g/mol.